The first-order valence-electron chi connectivity index (χ1n) is 15.1. The Bertz CT molecular complexity index is 1630. The number of nitrogens with one attached hydrogen (secondary N) is 2. The molecule has 0 amide bonds. The fourth-order valence-corrected chi connectivity index (χ4v) is 8.54. The molecule has 1 atom stereocenters. The lowest BCUT2D eigenvalue weighted by molar-refractivity contribution is 0.122. The van der Waals surface area contributed by atoms with Gasteiger partial charge in [0, 0.05) is 100 Å². The van der Waals surface area contributed by atoms with Gasteiger partial charge in [0.15, 0.2) is 0 Å². The van der Waals surface area contributed by atoms with Gasteiger partial charge in [0.25, 0.3) is 0 Å². The van der Waals surface area contributed by atoms with E-state index in [1.807, 2.05) is 11.8 Å². The second kappa shape index (κ2) is 12.7. The molecule has 0 saturated carbocycles. The fraction of sp³-hybridized carbons (Fsp3) is 0.324. The number of hydrogen-bond donors (Lipinski definition) is 2. The van der Waals surface area contributed by atoms with Gasteiger partial charge in [-0.05, 0) is 49.4 Å². The fourth-order valence-electron chi connectivity index (χ4n) is 6.13. The number of anilines is 3. The zero-order valence-corrected chi connectivity index (χ0v) is 26.1. The lowest BCUT2D eigenvalue weighted by Crippen LogP contribution is -2.49. The summed E-state index contributed by atoms with van der Waals surface area (Å²) in [6.45, 7) is 10.6. The van der Waals surface area contributed by atoms with Crippen molar-refractivity contribution in [2.75, 3.05) is 74.1 Å². The molecule has 1 unspecified atom stereocenters. The number of para-hydroxylation sites is 1. The Balaban J connectivity index is 1.02. The van der Waals surface area contributed by atoms with Crippen molar-refractivity contribution >= 4 is 40.6 Å². The van der Waals surface area contributed by atoms with Crippen molar-refractivity contribution in [1.29, 1.82) is 0 Å². The first-order chi connectivity index (χ1) is 21.1. The number of piperazine rings is 1. The molecule has 2 saturated heterocycles. The van der Waals surface area contributed by atoms with Crippen LogP contribution in [0.1, 0.15) is 6.92 Å². The summed E-state index contributed by atoms with van der Waals surface area (Å²) >= 11 is 3.60. The van der Waals surface area contributed by atoms with Gasteiger partial charge >= 0.3 is 0 Å². The van der Waals surface area contributed by atoms with E-state index in [4.69, 9.17) is 4.74 Å². The lowest BCUT2D eigenvalue weighted by atomic mass is 10.1. The van der Waals surface area contributed by atoms with Crippen LogP contribution in [0.3, 0.4) is 0 Å². The standard InChI is InChI=1S/C34H37N5O2S2/c1-24(23-37-12-14-38(15-13-37)26-6-3-2-4-7-26)35-25-10-11-30-32(20-25)42-31-9-5-8-28(34(31)43-30)29-21-27(22-33(40)36-29)39-16-18-41-19-17-39/h2-11,20-22,24,35H,12-19,23H2,1H3,(H,36,40). The summed E-state index contributed by atoms with van der Waals surface area (Å²) in [5.41, 5.74) is 5.28. The number of aromatic amines is 1. The number of benzene rings is 3. The Morgan fingerprint density at radius 1 is 0.791 bits per heavy atom. The summed E-state index contributed by atoms with van der Waals surface area (Å²) in [7, 11) is 0. The zero-order valence-electron chi connectivity index (χ0n) is 24.4. The number of morpholine rings is 1. The molecule has 2 N–H and O–H groups in total. The zero-order chi connectivity index (χ0) is 29.2. The van der Waals surface area contributed by atoms with Crippen LogP contribution < -0.4 is 20.7 Å². The Morgan fingerprint density at radius 2 is 1.58 bits per heavy atom. The minimum Gasteiger partial charge on any atom is -0.381 e. The molecule has 0 bridgehead atoms. The van der Waals surface area contributed by atoms with Gasteiger partial charge < -0.3 is 24.8 Å². The molecule has 4 aromatic rings. The van der Waals surface area contributed by atoms with E-state index in [1.165, 1.54) is 25.3 Å². The topological polar surface area (TPSA) is 63.8 Å². The highest BCUT2D eigenvalue weighted by Crippen LogP contribution is 2.52. The molecule has 3 aromatic carbocycles. The SMILES string of the molecule is CC(CN1CCN(c2ccccc2)CC1)Nc1ccc2c(c1)Sc1cccc(-c3cc(N4CCOCC4)cc(=O)[nH]3)c1S2. The molecule has 9 heteroatoms. The Hall–Kier alpha value is -3.37. The minimum atomic E-state index is -0.0756. The summed E-state index contributed by atoms with van der Waals surface area (Å²) in [6, 6.07) is 28.0. The highest BCUT2D eigenvalue weighted by Gasteiger charge is 2.23. The van der Waals surface area contributed by atoms with Gasteiger partial charge in [-0.15, -0.1) is 0 Å². The van der Waals surface area contributed by atoms with Crippen molar-refractivity contribution in [3.63, 3.8) is 0 Å². The summed E-state index contributed by atoms with van der Waals surface area (Å²) in [4.78, 5) is 28.0. The van der Waals surface area contributed by atoms with E-state index in [2.05, 4.69) is 105 Å². The maximum Gasteiger partial charge on any atom is 0.250 e. The number of aromatic nitrogens is 1. The van der Waals surface area contributed by atoms with E-state index >= 15 is 0 Å². The molecule has 4 heterocycles. The molecule has 7 rings (SSSR count). The molecule has 1 aromatic heterocycles. The van der Waals surface area contributed by atoms with Gasteiger partial charge in [-0.2, -0.15) is 0 Å². The predicted molar refractivity (Wildman–Crippen MR) is 178 cm³/mol. The van der Waals surface area contributed by atoms with Crippen LogP contribution in [0.25, 0.3) is 11.3 Å². The molecule has 0 spiro atoms. The smallest absolute Gasteiger partial charge is 0.250 e. The maximum atomic E-state index is 12.7. The van der Waals surface area contributed by atoms with E-state index in [0.717, 1.165) is 68.4 Å². The van der Waals surface area contributed by atoms with E-state index < -0.39 is 0 Å². The third kappa shape index (κ3) is 6.45. The van der Waals surface area contributed by atoms with Gasteiger partial charge in [-0.25, -0.2) is 0 Å². The van der Waals surface area contributed by atoms with Crippen LogP contribution in [0.5, 0.6) is 0 Å². The monoisotopic (exact) mass is 611 g/mol. The van der Waals surface area contributed by atoms with Crippen LogP contribution in [0, 0.1) is 0 Å². The predicted octanol–water partition coefficient (Wildman–Crippen LogP) is 6.12. The van der Waals surface area contributed by atoms with E-state index in [1.54, 1.807) is 17.8 Å². The molecule has 222 valence electrons. The van der Waals surface area contributed by atoms with Crippen molar-refractivity contribution < 1.29 is 4.74 Å². The molecule has 7 nitrogen and oxygen atoms in total. The average Bonchev–Trinajstić information content (AvgIpc) is 3.04. The van der Waals surface area contributed by atoms with Crippen molar-refractivity contribution in [3.8, 4) is 11.3 Å². The van der Waals surface area contributed by atoms with E-state index in [0.29, 0.717) is 19.3 Å². The summed E-state index contributed by atoms with van der Waals surface area (Å²) in [5, 5.41) is 3.76. The third-order valence-electron chi connectivity index (χ3n) is 8.29. The third-order valence-corrected chi connectivity index (χ3v) is 10.9. The summed E-state index contributed by atoms with van der Waals surface area (Å²) in [5.74, 6) is 0. The molecular formula is C34H37N5O2S2. The molecule has 3 aliphatic rings. The second-order valence-electron chi connectivity index (χ2n) is 11.4. The first kappa shape index (κ1) is 28.4. The quantitative estimate of drug-likeness (QED) is 0.228. The Morgan fingerprint density at radius 3 is 2.40 bits per heavy atom. The van der Waals surface area contributed by atoms with Gasteiger partial charge in [-0.1, -0.05) is 53.9 Å². The number of rotatable bonds is 7. The molecule has 43 heavy (non-hydrogen) atoms. The minimum absolute atomic E-state index is 0.0756. The van der Waals surface area contributed by atoms with Gasteiger partial charge in [-0.3, -0.25) is 9.69 Å². The van der Waals surface area contributed by atoms with Gasteiger partial charge in [0.1, 0.15) is 0 Å². The largest absolute Gasteiger partial charge is 0.381 e. The molecular weight excluding hydrogens is 575 g/mol. The molecule has 0 aliphatic carbocycles. The van der Waals surface area contributed by atoms with Gasteiger partial charge in [0.2, 0.25) is 5.56 Å². The van der Waals surface area contributed by atoms with Crippen molar-refractivity contribution in [2.24, 2.45) is 0 Å². The molecule has 3 aliphatic heterocycles. The van der Waals surface area contributed by atoms with E-state index in [-0.39, 0.29) is 5.56 Å². The number of H-pyrrole nitrogens is 1. The lowest BCUT2D eigenvalue weighted by Gasteiger charge is -2.37. The van der Waals surface area contributed by atoms with Crippen molar-refractivity contribution in [3.05, 3.63) is 89.2 Å². The molecule has 0 radical (unpaired) electrons. The van der Waals surface area contributed by atoms with Crippen LogP contribution in [-0.4, -0.2) is 75.0 Å². The number of ether oxygens (including phenoxy) is 1. The van der Waals surface area contributed by atoms with Gasteiger partial charge in [0.05, 0.1) is 18.9 Å². The highest BCUT2D eigenvalue weighted by atomic mass is 32.2. The normalized spacial score (nSPS) is 17.7. The van der Waals surface area contributed by atoms with Crippen LogP contribution >= 0.6 is 23.5 Å². The average molecular weight is 612 g/mol. The van der Waals surface area contributed by atoms with Crippen molar-refractivity contribution in [2.45, 2.75) is 32.5 Å². The highest BCUT2D eigenvalue weighted by molar-refractivity contribution is 8.05. The van der Waals surface area contributed by atoms with Crippen molar-refractivity contribution in [1.82, 2.24) is 9.88 Å². The number of fused-ring (bicyclic) bond motifs is 2. The van der Waals surface area contributed by atoms with Crippen LogP contribution in [0.2, 0.25) is 0 Å². The second-order valence-corrected chi connectivity index (χ2v) is 13.5. The summed E-state index contributed by atoms with van der Waals surface area (Å²) in [6.07, 6.45) is 0. The molecule has 2 fully saturated rings. The van der Waals surface area contributed by atoms with Crippen LogP contribution in [-0.2, 0) is 4.74 Å². The van der Waals surface area contributed by atoms with Crippen LogP contribution in [0.15, 0.2) is 103 Å². The maximum absolute atomic E-state index is 12.7. The number of pyridine rings is 1. The Kier molecular flexibility index (Phi) is 8.39. The Labute approximate surface area is 261 Å². The first-order valence-corrected chi connectivity index (χ1v) is 16.7. The summed E-state index contributed by atoms with van der Waals surface area (Å²) < 4.78 is 5.51. The number of hydrogen-bond acceptors (Lipinski definition) is 8. The van der Waals surface area contributed by atoms with E-state index in [9.17, 15) is 4.79 Å². The number of nitrogens with zero attached hydrogens (tertiary/aromatic N) is 3. The van der Waals surface area contributed by atoms with Crippen LogP contribution in [0.4, 0.5) is 17.1 Å².